The molecule has 2 aromatic rings. The molecule has 1 amide bonds. The first-order valence-corrected chi connectivity index (χ1v) is 15.1. The van der Waals surface area contributed by atoms with E-state index in [2.05, 4.69) is 0 Å². The maximum Gasteiger partial charge on any atom is 0.325 e. The highest BCUT2D eigenvalue weighted by molar-refractivity contribution is 8.30. The quantitative estimate of drug-likeness (QED) is 0.297. The standard InChI is InChI=1S/C26H25N3O9S4/c1-12(2)14(8-17-27(11-20(34)38-4)15-7-13(37-3)5-6-16(15)40-17)21-23(35)28(9-18(30)31)25(41-21)22-24(36)29(10-19(32)33)26(39)42-22/h5-8,12H,9-11H2,1-4H3,(H,30,31)(H,32,33). The molecule has 2 aliphatic rings. The highest BCUT2D eigenvalue weighted by atomic mass is 32.2. The number of hydrogen-bond donors (Lipinski definition) is 2. The normalized spacial score (nSPS) is 17.7. The number of rotatable bonds is 9. The van der Waals surface area contributed by atoms with Crippen molar-refractivity contribution in [3.05, 3.63) is 48.9 Å². The fourth-order valence-electron chi connectivity index (χ4n) is 4.14. The average molecular weight is 652 g/mol. The molecule has 3 heterocycles. The van der Waals surface area contributed by atoms with E-state index in [1.54, 1.807) is 23.1 Å². The number of carbonyl (C=O) groups is 4. The van der Waals surface area contributed by atoms with E-state index < -0.39 is 42.5 Å². The van der Waals surface area contributed by atoms with Gasteiger partial charge in [0.25, 0.3) is 11.5 Å². The first kappa shape index (κ1) is 31.3. The van der Waals surface area contributed by atoms with Crippen LogP contribution in [0.25, 0.3) is 10.5 Å². The Morgan fingerprint density at radius 2 is 1.71 bits per heavy atom. The third-order valence-electron chi connectivity index (χ3n) is 6.13. The van der Waals surface area contributed by atoms with Gasteiger partial charge in [0, 0.05) is 11.0 Å². The number of fused-ring (bicyclic) bond motifs is 1. The molecule has 12 nitrogen and oxygen atoms in total. The van der Waals surface area contributed by atoms with Gasteiger partial charge in [-0.15, -0.1) is 11.3 Å². The molecule has 1 aromatic carbocycles. The fourth-order valence-corrected chi connectivity index (χ4v) is 7.95. The van der Waals surface area contributed by atoms with Crippen LogP contribution in [-0.4, -0.2) is 75.1 Å². The molecule has 0 saturated carbocycles. The summed E-state index contributed by atoms with van der Waals surface area (Å²) in [5.41, 5.74) is 0.640. The van der Waals surface area contributed by atoms with Crippen LogP contribution in [0.3, 0.4) is 0 Å². The Labute approximate surface area is 256 Å². The van der Waals surface area contributed by atoms with Gasteiger partial charge in [0.1, 0.15) is 39.3 Å². The summed E-state index contributed by atoms with van der Waals surface area (Å²) < 4.78 is 11.5. The Bertz CT molecular complexity index is 1720. The van der Waals surface area contributed by atoms with E-state index in [0.717, 1.165) is 37.5 Å². The van der Waals surface area contributed by atoms with Crippen molar-refractivity contribution in [1.82, 2.24) is 9.47 Å². The van der Waals surface area contributed by atoms with Crippen LogP contribution < -0.4 is 24.4 Å². The van der Waals surface area contributed by atoms with Crippen LogP contribution in [0.5, 0.6) is 5.75 Å². The summed E-state index contributed by atoms with van der Waals surface area (Å²) in [4.78, 5) is 65.7. The van der Waals surface area contributed by atoms with Crippen molar-refractivity contribution < 1.29 is 38.9 Å². The van der Waals surface area contributed by atoms with E-state index in [9.17, 15) is 34.2 Å². The minimum atomic E-state index is -1.30. The van der Waals surface area contributed by atoms with Crippen LogP contribution in [0.15, 0.2) is 39.0 Å². The van der Waals surface area contributed by atoms with Gasteiger partial charge in [0.2, 0.25) is 0 Å². The molecule has 0 radical (unpaired) electrons. The van der Waals surface area contributed by atoms with Gasteiger partial charge in [0.05, 0.1) is 29.5 Å². The maximum absolute atomic E-state index is 13.7. The molecule has 2 N–H and O–H groups in total. The highest BCUT2D eigenvalue weighted by Crippen LogP contribution is 2.48. The molecular weight excluding hydrogens is 627 g/mol. The number of nitrogens with zero attached hydrogens (tertiary/aromatic N) is 3. The van der Waals surface area contributed by atoms with Crippen LogP contribution in [0.1, 0.15) is 13.8 Å². The second kappa shape index (κ2) is 12.7. The summed E-state index contributed by atoms with van der Waals surface area (Å²) in [5, 5.41) is 19.4. The Hall–Kier alpha value is -3.60. The van der Waals surface area contributed by atoms with Crippen LogP contribution in [0.4, 0.5) is 5.69 Å². The second-order valence-electron chi connectivity index (χ2n) is 9.19. The van der Waals surface area contributed by atoms with Gasteiger partial charge in [0.15, 0.2) is 0 Å². The van der Waals surface area contributed by atoms with Crippen molar-refractivity contribution in [1.29, 1.82) is 0 Å². The van der Waals surface area contributed by atoms with Gasteiger partial charge in [-0.2, -0.15) is 0 Å². The molecule has 0 bridgehead atoms. The Balaban J connectivity index is 1.97. The number of esters is 1. The highest BCUT2D eigenvalue weighted by Gasteiger charge is 2.36. The number of ether oxygens (including phenoxy) is 2. The van der Waals surface area contributed by atoms with Gasteiger partial charge >= 0.3 is 17.9 Å². The van der Waals surface area contributed by atoms with Crippen molar-refractivity contribution in [2.24, 2.45) is 5.92 Å². The summed E-state index contributed by atoms with van der Waals surface area (Å²) >= 11 is 8.33. The lowest BCUT2D eigenvalue weighted by Gasteiger charge is -2.20. The van der Waals surface area contributed by atoms with Gasteiger partial charge in [-0.25, -0.2) is 0 Å². The van der Waals surface area contributed by atoms with Crippen LogP contribution in [0, 0.1) is 5.92 Å². The predicted molar refractivity (Wildman–Crippen MR) is 163 cm³/mol. The lowest BCUT2D eigenvalue weighted by atomic mass is 10.0. The number of thiocarbonyl (C=S) groups is 1. The van der Waals surface area contributed by atoms with Gasteiger partial charge in [-0.05, 0) is 29.7 Å². The first-order chi connectivity index (χ1) is 19.9. The summed E-state index contributed by atoms with van der Waals surface area (Å²) in [5.74, 6) is -3.43. The molecule has 222 valence electrons. The number of carbonyl (C=O) groups excluding carboxylic acids is 2. The zero-order valence-electron chi connectivity index (χ0n) is 22.7. The average Bonchev–Trinajstić information content (AvgIpc) is 3.53. The number of hydrogen-bond acceptors (Lipinski definition) is 12. The summed E-state index contributed by atoms with van der Waals surface area (Å²) in [6.45, 7) is 2.23. The summed E-state index contributed by atoms with van der Waals surface area (Å²) in [6, 6.07) is 5.43. The van der Waals surface area contributed by atoms with E-state index in [0.29, 0.717) is 22.0 Å². The number of amides is 1. The lowest BCUT2D eigenvalue weighted by molar-refractivity contribution is -0.140. The first-order valence-electron chi connectivity index (χ1n) is 12.2. The molecule has 2 aliphatic heterocycles. The number of thioether (sulfide) groups is 2. The SMILES string of the molecule is COC(=O)CN1C(=CC(=c2sc(=C3SC(=S)N(CC(=O)O)C3=O)n(CC(=O)O)c2=O)C(C)C)Sc2ccc(OC)cc21. The molecule has 0 atom stereocenters. The smallest absolute Gasteiger partial charge is 0.325 e. The Morgan fingerprint density at radius 1 is 1.02 bits per heavy atom. The number of aliphatic carboxylic acids is 2. The van der Waals surface area contributed by atoms with E-state index in [1.165, 1.54) is 26.0 Å². The summed E-state index contributed by atoms with van der Waals surface area (Å²) in [7, 11) is 2.82. The maximum atomic E-state index is 13.7. The molecule has 1 fully saturated rings. The molecule has 42 heavy (non-hydrogen) atoms. The number of methoxy groups -OCH3 is 2. The third kappa shape index (κ3) is 6.25. The Morgan fingerprint density at radius 3 is 2.31 bits per heavy atom. The summed E-state index contributed by atoms with van der Waals surface area (Å²) in [6.07, 6.45) is 1.77. The molecule has 0 unspecified atom stereocenters. The lowest BCUT2D eigenvalue weighted by Crippen LogP contribution is -2.37. The molecular formula is C26H25N3O9S4. The van der Waals surface area contributed by atoms with Gasteiger partial charge in [-0.3, -0.25) is 33.4 Å². The topological polar surface area (TPSA) is 156 Å². The zero-order chi connectivity index (χ0) is 30.9. The molecule has 1 aromatic heterocycles. The number of aromatic nitrogens is 1. The van der Waals surface area contributed by atoms with Crippen LogP contribution in [-0.2, 0) is 30.5 Å². The van der Waals surface area contributed by atoms with Crippen molar-refractivity contribution in [3.8, 4) is 5.75 Å². The van der Waals surface area contributed by atoms with Crippen LogP contribution in [0.2, 0.25) is 0 Å². The van der Waals surface area contributed by atoms with Crippen LogP contribution >= 0.6 is 47.1 Å². The number of anilines is 1. The zero-order valence-corrected chi connectivity index (χ0v) is 26.0. The number of allylic oxidation sites excluding steroid dienone is 1. The Kier molecular flexibility index (Phi) is 9.50. The van der Waals surface area contributed by atoms with E-state index >= 15 is 0 Å². The van der Waals surface area contributed by atoms with Gasteiger partial charge < -0.3 is 24.6 Å². The van der Waals surface area contributed by atoms with Crippen molar-refractivity contribution in [3.63, 3.8) is 0 Å². The number of benzene rings is 1. The number of thiazole rings is 1. The molecule has 0 spiro atoms. The van der Waals surface area contributed by atoms with Gasteiger partial charge in [-0.1, -0.05) is 49.6 Å². The minimum Gasteiger partial charge on any atom is -0.497 e. The molecule has 4 rings (SSSR count). The van der Waals surface area contributed by atoms with E-state index in [4.69, 9.17) is 21.7 Å². The van der Waals surface area contributed by atoms with Crippen molar-refractivity contribution in [2.75, 3.05) is 32.2 Å². The third-order valence-corrected chi connectivity index (χ3v) is 10.0. The minimum absolute atomic E-state index is 0.00847. The van der Waals surface area contributed by atoms with Crippen molar-refractivity contribution >= 4 is 91.4 Å². The van der Waals surface area contributed by atoms with E-state index in [-0.39, 0.29) is 30.9 Å². The molecule has 16 heteroatoms. The second-order valence-corrected chi connectivity index (χ2v) is 12.9. The molecule has 1 saturated heterocycles. The number of carboxylic acids is 2. The monoisotopic (exact) mass is 651 g/mol. The predicted octanol–water partition coefficient (Wildman–Crippen LogP) is 1.49. The fraction of sp³-hybridized carbons (Fsp3) is 0.308. The van der Waals surface area contributed by atoms with Crippen molar-refractivity contribution in [2.45, 2.75) is 25.3 Å². The van der Waals surface area contributed by atoms with E-state index in [1.807, 2.05) is 19.9 Å². The molecule has 0 aliphatic carbocycles. The number of carboxylic acid groups (broad SMARTS) is 2. The largest absolute Gasteiger partial charge is 0.497 e.